The molecule has 0 radical (unpaired) electrons. The molecule has 29 heavy (non-hydrogen) atoms. The molecule has 0 aliphatic rings. The summed E-state index contributed by atoms with van der Waals surface area (Å²) in [4.78, 5) is 7.98. The first-order chi connectivity index (χ1) is 14.3. The zero-order valence-corrected chi connectivity index (χ0v) is 16.4. The van der Waals surface area contributed by atoms with Crippen molar-refractivity contribution >= 4 is 33.3 Å². The van der Waals surface area contributed by atoms with Crippen LogP contribution in [0.5, 0.6) is 0 Å². The molecule has 0 bridgehead atoms. The van der Waals surface area contributed by atoms with Gasteiger partial charge >= 0.3 is 0 Å². The third-order valence-corrected chi connectivity index (χ3v) is 5.90. The van der Waals surface area contributed by atoms with Crippen molar-refractivity contribution in [3.05, 3.63) is 65.7 Å². The quantitative estimate of drug-likeness (QED) is 0.430. The predicted molar refractivity (Wildman–Crippen MR) is 117 cm³/mol. The molecule has 0 atom stereocenters. The number of rotatable bonds is 3. The molecule has 5 heterocycles. The smallest absolute Gasteiger partial charge is 0.138 e. The Morgan fingerprint density at radius 1 is 1.00 bits per heavy atom. The monoisotopic (exact) mass is 396 g/mol. The average molecular weight is 396 g/mol. The summed E-state index contributed by atoms with van der Waals surface area (Å²) in [6.07, 6.45) is 5.74. The van der Waals surface area contributed by atoms with Crippen molar-refractivity contribution in [1.82, 2.24) is 29.9 Å². The molecule has 0 amide bonds. The number of aryl methyl sites for hydroxylation is 1. The van der Waals surface area contributed by atoms with E-state index in [1.807, 2.05) is 30.3 Å². The number of fused-ring (bicyclic) bond motifs is 2. The van der Waals surface area contributed by atoms with Gasteiger partial charge in [0.15, 0.2) is 0 Å². The Morgan fingerprint density at radius 2 is 1.97 bits per heavy atom. The summed E-state index contributed by atoms with van der Waals surface area (Å²) in [5.74, 6) is 0. The van der Waals surface area contributed by atoms with Crippen molar-refractivity contribution in [2.24, 2.45) is 7.05 Å². The van der Waals surface area contributed by atoms with Crippen LogP contribution in [0.15, 0.2) is 65.7 Å². The summed E-state index contributed by atoms with van der Waals surface area (Å²) < 4.78 is 1.81. The van der Waals surface area contributed by atoms with Crippen molar-refractivity contribution in [3.63, 3.8) is 0 Å². The van der Waals surface area contributed by atoms with E-state index < -0.39 is 0 Å². The van der Waals surface area contributed by atoms with Crippen molar-refractivity contribution in [3.8, 4) is 33.6 Å². The molecule has 7 heteroatoms. The standard InChI is InChI=1S/C22H16N6S/c1-28-11-15(10-24-28)13-2-3-19-18(8-13)21(27-26-19)20-9-17-16(14-5-7-29-12-14)4-6-23-22(17)25-20/h2-12H,1H3,(H,23,25)(H,26,27). The van der Waals surface area contributed by atoms with E-state index in [1.165, 1.54) is 11.1 Å². The van der Waals surface area contributed by atoms with Gasteiger partial charge in [0, 0.05) is 35.8 Å². The summed E-state index contributed by atoms with van der Waals surface area (Å²) in [5.41, 5.74) is 8.28. The largest absolute Gasteiger partial charge is 0.338 e. The highest BCUT2D eigenvalue weighted by atomic mass is 32.1. The molecule has 0 saturated heterocycles. The van der Waals surface area contributed by atoms with E-state index in [2.05, 4.69) is 72.4 Å². The highest BCUT2D eigenvalue weighted by Crippen LogP contribution is 2.35. The van der Waals surface area contributed by atoms with E-state index in [9.17, 15) is 0 Å². The maximum atomic E-state index is 4.59. The van der Waals surface area contributed by atoms with Crippen LogP contribution in [0, 0.1) is 0 Å². The number of aromatic amines is 2. The van der Waals surface area contributed by atoms with Gasteiger partial charge in [-0.3, -0.25) is 9.78 Å². The minimum absolute atomic E-state index is 0.864. The molecule has 6 rings (SSSR count). The van der Waals surface area contributed by atoms with Gasteiger partial charge in [0.2, 0.25) is 0 Å². The van der Waals surface area contributed by atoms with Gasteiger partial charge in [0.05, 0.1) is 17.4 Å². The first kappa shape index (κ1) is 16.3. The van der Waals surface area contributed by atoms with Gasteiger partial charge in [-0.05, 0) is 57.8 Å². The van der Waals surface area contributed by atoms with Crippen LogP contribution < -0.4 is 0 Å². The fraction of sp³-hybridized carbons (Fsp3) is 0.0455. The number of benzene rings is 1. The number of pyridine rings is 1. The molecule has 2 N–H and O–H groups in total. The van der Waals surface area contributed by atoms with Crippen LogP contribution in [0.2, 0.25) is 0 Å². The minimum atomic E-state index is 0.864. The summed E-state index contributed by atoms with van der Waals surface area (Å²) in [7, 11) is 1.92. The Balaban J connectivity index is 1.53. The van der Waals surface area contributed by atoms with E-state index in [4.69, 9.17) is 0 Å². The second kappa shape index (κ2) is 6.15. The van der Waals surface area contributed by atoms with Crippen LogP contribution in [-0.2, 0) is 7.05 Å². The molecule has 140 valence electrons. The normalized spacial score (nSPS) is 11.6. The van der Waals surface area contributed by atoms with Crippen LogP contribution in [-0.4, -0.2) is 29.9 Å². The zero-order chi connectivity index (χ0) is 19.4. The number of nitrogens with one attached hydrogen (secondary N) is 2. The number of thiophene rings is 1. The van der Waals surface area contributed by atoms with Crippen molar-refractivity contribution in [1.29, 1.82) is 0 Å². The third-order valence-electron chi connectivity index (χ3n) is 5.22. The number of aromatic nitrogens is 6. The molecule has 0 unspecified atom stereocenters. The fourth-order valence-electron chi connectivity index (χ4n) is 3.79. The Labute approximate surface area is 169 Å². The zero-order valence-electron chi connectivity index (χ0n) is 15.5. The van der Waals surface area contributed by atoms with Crippen molar-refractivity contribution in [2.75, 3.05) is 0 Å². The third kappa shape index (κ3) is 2.59. The molecule has 0 aliphatic carbocycles. The first-order valence-corrected chi connectivity index (χ1v) is 10.2. The molecule has 0 saturated carbocycles. The summed E-state index contributed by atoms with van der Waals surface area (Å²) in [6.45, 7) is 0. The Hall–Kier alpha value is -3.71. The SMILES string of the molecule is Cn1cc(-c2ccc3[nH]nc(-c4cc5c(-c6ccsc6)ccnc5[nH]4)c3c2)cn1. The Kier molecular flexibility index (Phi) is 3.45. The molecule has 6 nitrogen and oxygen atoms in total. The van der Waals surface area contributed by atoms with E-state index in [0.29, 0.717) is 0 Å². The molecule has 0 aliphatic heterocycles. The summed E-state index contributed by atoms with van der Waals surface area (Å²) in [6, 6.07) is 12.6. The summed E-state index contributed by atoms with van der Waals surface area (Å²) >= 11 is 1.70. The highest BCUT2D eigenvalue weighted by molar-refractivity contribution is 7.08. The molecule has 0 spiro atoms. The molecule has 5 aromatic heterocycles. The van der Waals surface area contributed by atoms with Crippen LogP contribution >= 0.6 is 11.3 Å². The lowest BCUT2D eigenvalue weighted by molar-refractivity contribution is 0.768. The number of H-pyrrole nitrogens is 2. The lowest BCUT2D eigenvalue weighted by Crippen LogP contribution is -1.84. The van der Waals surface area contributed by atoms with Gasteiger partial charge in [0.25, 0.3) is 0 Å². The molecular weight excluding hydrogens is 380 g/mol. The van der Waals surface area contributed by atoms with Gasteiger partial charge in [0.1, 0.15) is 11.3 Å². The first-order valence-electron chi connectivity index (χ1n) is 9.24. The second-order valence-corrected chi connectivity index (χ2v) is 7.83. The molecule has 0 fully saturated rings. The lowest BCUT2D eigenvalue weighted by Gasteiger charge is -1.99. The molecular formula is C22H16N6S. The summed E-state index contributed by atoms with van der Waals surface area (Å²) in [5, 5.41) is 18.4. The van der Waals surface area contributed by atoms with Crippen LogP contribution in [0.3, 0.4) is 0 Å². The topological polar surface area (TPSA) is 75.2 Å². The van der Waals surface area contributed by atoms with E-state index in [-0.39, 0.29) is 0 Å². The number of nitrogens with zero attached hydrogens (tertiary/aromatic N) is 4. The highest BCUT2D eigenvalue weighted by Gasteiger charge is 2.15. The molecule has 1 aromatic carbocycles. The van der Waals surface area contributed by atoms with Gasteiger partial charge in [-0.15, -0.1) is 0 Å². The van der Waals surface area contributed by atoms with Gasteiger partial charge < -0.3 is 4.98 Å². The number of hydrogen-bond acceptors (Lipinski definition) is 4. The Bertz CT molecular complexity index is 1470. The van der Waals surface area contributed by atoms with Crippen molar-refractivity contribution in [2.45, 2.75) is 0 Å². The van der Waals surface area contributed by atoms with E-state index in [0.717, 1.165) is 44.5 Å². The second-order valence-electron chi connectivity index (χ2n) is 7.05. The maximum absolute atomic E-state index is 4.59. The fourth-order valence-corrected chi connectivity index (χ4v) is 4.45. The minimum Gasteiger partial charge on any atom is -0.338 e. The lowest BCUT2D eigenvalue weighted by atomic mass is 10.0. The van der Waals surface area contributed by atoms with Crippen LogP contribution in [0.25, 0.3) is 55.6 Å². The van der Waals surface area contributed by atoms with E-state index in [1.54, 1.807) is 11.3 Å². The van der Waals surface area contributed by atoms with Gasteiger partial charge in [-0.1, -0.05) is 6.07 Å². The van der Waals surface area contributed by atoms with Crippen LogP contribution in [0.1, 0.15) is 0 Å². The predicted octanol–water partition coefficient (Wildman–Crippen LogP) is 5.24. The van der Waals surface area contributed by atoms with E-state index >= 15 is 0 Å². The van der Waals surface area contributed by atoms with Crippen molar-refractivity contribution < 1.29 is 0 Å². The number of hydrogen-bond donors (Lipinski definition) is 2. The van der Waals surface area contributed by atoms with Gasteiger partial charge in [-0.25, -0.2) is 4.98 Å². The molecule has 6 aromatic rings. The maximum Gasteiger partial charge on any atom is 0.138 e. The van der Waals surface area contributed by atoms with Crippen LogP contribution in [0.4, 0.5) is 0 Å². The Morgan fingerprint density at radius 3 is 2.79 bits per heavy atom. The van der Waals surface area contributed by atoms with Gasteiger partial charge in [-0.2, -0.15) is 21.5 Å². The average Bonchev–Trinajstić information content (AvgIpc) is 3.51.